The van der Waals surface area contributed by atoms with Crippen molar-refractivity contribution < 1.29 is 9.53 Å². The SMILES string of the molecule is COCCN1C(=O)CSC1c1ccc(C(C)C)cc1. The van der Waals surface area contributed by atoms with Crippen molar-refractivity contribution in [1.29, 1.82) is 0 Å². The van der Waals surface area contributed by atoms with E-state index in [2.05, 4.69) is 38.1 Å². The number of carbonyl (C=O) groups excluding carboxylic acids is 1. The Morgan fingerprint density at radius 2 is 2.05 bits per heavy atom. The molecule has 104 valence electrons. The van der Waals surface area contributed by atoms with Crippen LogP contribution in [0.5, 0.6) is 0 Å². The average Bonchev–Trinajstić information content (AvgIpc) is 2.78. The quantitative estimate of drug-likeness (QED) is 0.829. The first kappa shape index (κ1) is 14.4. The van der Waals surface area contributed by atoms with E-state index in [0.717, 1.165) is 0 Å². The Labute approximate surface area is 119 Å². The lowest BCUT2D eigenvalue weighted by Gasteiger charge is -2.24. The lowest BCUT2D eigenvalue weighted by atomic mass is 10.0. The molecule has 0 spiro atoms. The second-order valence-corrected chi connectivity index (χ2v) is 6.13. The van der Waals surface area contributed by atoms with E-state index in [-0.39, 0.29) is 11.3 Å². The molecule has 0 bridgehead atoms. The molecule has 1 fully saturated rings. The summed E-state index contributed by atoms with van der Waals surface area (Å²) < 4.78 is 5.08. The van der Waals surface area contributed by atoms with Gasteiger partial charge < -0.3 is 9.64 Å². The minimum atomic E-state index is 0.142. The molecule has 1 aliphatic rings. The monoisotopic (exact) mass is 279 g/mol. The normalized spacial score (nSPS) is 19.5. The maximum absolute atomic E-state index is 11.9. The van der Waals surface area contributed by atoms with Crippen molar-refractivity contribution in [3.8, 4) is 0 Å². The van der Waals surface area contributed by atoms with E-state index in [9.17, 15) is 4.79 Å². The maximum atomic E-state index is 11.9. The first-order valence-corrected chi connectivity index (χ1v) is 7.68. The van der Waals surface area contributed by atoms with Gasteiger partial charge in [0.15, 0.2) is 0 Å². The summed E-state index contributed by atoms with van der Waals surface area (Å²) >= 11 is 1.70. The van der Waals surface area contributed by atoms with E-state index in [1.807, 2.05) is 4.90 Å². The first-order valence-electron chi connectivity index (χ1n) is 6.63. The molecule has 3 nitrogen and oxygen atoms in total. The van der Waals surface area contributed by atoms with Crippen LogP contribution in [0.25, 0.3) is 0 Å². The molecule has 4 heteroatoms. The first-order chi connectivity index (χ1) is 9.13. The summed E-state index contributed by atoms with van der Waals surface area (Å²) in [5, 5.41) is 0.142. The molecule has 1 aliphatic heterocycles. The second kappa shape index (κ2) is 6.44. The molecule has 1 aromatic carbocycles. The van der Waals surface area contributed by atoms with Crippen molar-refractivity contribution in [2.75, 3.05) is 26.0 Å². The topological polar surface area (TPSA) is 29.5 Å². The Kier molecular flexibility index (Phi) is 4.88. The summed E-state index contributed by atoms with van der Waals surface area (Å²) in [6.07, 6.45) is 0. The highest BCUT2D eigenvalue weighted by Crippen LogP contribution is 2.38. The molecule has 2 rings (SSSR count). The van der Waals surface area contributed by atoms with Gasteiger partial charge >= 0.3 is 0 Å². The molecule has 0 saturated carbocycles. The summed E-state index contributed by atoms with van der Waals surface area (Å²) in [5.74, 6) is 1.32. The number of hydrogen-bond donors (Lipinski definition) is 0. The molecule has 0 radical (unpaired) electrons. The number of nitrogens with zero attached hydrogens (tertiary/aromatic N) is 1. The van der Waals surface area contributed by atoms with Gasteiger partial charge in [0, 0.05) is 13.7 Å². The molecule has 19 heavy (non-hydrogen) atoms. The highest BCUT2D eigenvalue weighted by atomic mass is 32.2. The van der Waals surface area contributed by atoms with E-state index in [1.165, 1.54) is 11.1 Å². The van der Waals surface area contributed by atoms with Crippen LogP contribution in [0.15, 0.2) is 24.3 Å². The minimum absolute atomic E-state index is 0.142. The van der Waals surface area contributed by atoms with Gasteiger partial charge in [-0.1, -0.05) is 38.1 Å². The Bertz CT molecular complexity index is 430. The van der Waals surface area contributed by atoms with Crippen molar-refractivity contribution in [3.63, 3.8) is 0 Å². The highest BCUT2D eigenvalue weighted by Gasteiger charge is 2.32. The van der Waals surface area contributed by atoms with Gasteiger partial charge in [0.2, 0.25) is 5.91 Å². The summed E-state index contributed by atoms with van der Waals surface area (Å²) in [6.45, 7) is 5.63. The molecule has 0 N–H and O–H groups in total. The predicted octanol–water partition coefficient (Wildman–Crippen LogP) is 3.03. The zero-order chi connectivity index (χ0) is 13.8. The number of thioether (sulfide) groups is 1. The summed E-state index contributed by atoms with van der Waals surface area (Å²) in [7, 11) is 1.67. The van der Waals surface area contributed by atoms with Crippen LogP contribution in [0.3, 0.4) is 0 Å². The fourth-order valence-electron chi connectivity index (χ4n) is 2.21. The molecule has 1 aromatic rings. The van der Waals surface area contributed by atoms with Crippen molar-refractivity contribution in [2.24, 2.45) is 0 Å². The lowest BCUT2D eigenvalue weighted by Crippen LogP contribution is -2.31. The number of hydrogen-bond acceptors (Lipinski definition) is 3. The molecule has 1 amide bonds. The largest absolute Gasteiger partial charge is 0.383 e. The second-order valence-electron chi connectivity index (χ2n) is 5.06. The molecular weight excluding hydrogens is 258 g/mol. The molecule has 1 saturated heterocycles. The van der Waals surface area contributed by atoms with Gasteiger partial charge in [-0.2, -0.15) is 0 Å². The number of carbonyl (C=O) groups is 1. The van der Waals surface area contributed by atoms with Gasteiger partial charge in [-0.05, 0) is 17.0 Å². The zero-order valence-corrected chi connectivity index (χ0v) is 12.6. The van der Waals surface area contributed by atoms with Crippen LogP contribution in [-0.4, -0.2) is 36.8 Å². The lowest BCUT2D eigenvalue weighted by molar-refractivity contribution is -0.128. The van der Waals surface area contributed by atoms with E-state index in [4.69, 9.17) is 4.74 Å². The molecule has 1 unspecified atom stereocenters. The summed E-state index contributed by atoms with van der Waals surface area (Å²) in [6, 6.07) is 8.62. The third-order valence-corrected chi connectivity index (χ3v) is 4.65. The Morgan fingerprint density at radius 3 is 2.63 bits per heavy atom. The molecule has 0 aromatic heterocycles. The van der Waals surface area contributed by atoms with Crippen molar-refractivity contribution in [1.82, 2.24) is 4.90 Å². The van der Waals surface area contributed by atoms with Crippen molar-refractivity contribution >= 4 is 17.7 Å². The van der Waals surface area contributed by atoms with Gasteiger partial charge in [0.25, 0.3) is 0 Å². The summed E-state index contributed by atoms with van der Waals surface area (Å²) in [5.41, 5.74) is 2.54. The standard InChI is InChI=1S/C15H21NO2S/c1-11(2)12-4-6-13(7-5-12)15-16(8-9-18-3)14(17)10-19-15/h4-7,11,15H,8-10H2,1-3H3. The van der Waals surface area contributed by atoms with E-state index < -0.39 is 0 Å². The molecule has 1 heterocycles. The van der Waals surface area contributed by atoms with Crippen LogP contribution >= 0.6 is 11.8 Å². The number of rotatable bonds is 5. The van der Waals surface area contributed by atoms with E-state index >= 15 is 0 Å². The van der Waals surface area contributed by atoms with Crippen LogP contribution in [0, 0.1) is 0 Å². The Balaban J connectivity index is 2.13. The Hall–Kier alpha value is -1.00. The fourth-order valence-corrected chi connectivity index (χ4v) is 3.43. The fraction of sp³-hybridized carbons (Fsp3) is 0.533. The van der Waals surface area contributed by atoms with Gasteiger partial charge in [-0.25, -0.2) is 0 Å². The van der Waals surface area contributed by atoms with E-state index in [0.29, 0.717) is 24.8 Å². The molecule has 1 atom stereocenters. The molecule has 0 aliphatic carbocycles. The maximum Gasteiger partial charge on any atom is 0.233 e. The smallest absolute Gasteiger partial charge is 0.233 e. The van der Waals surface area contributed by atoms with Crippen LogP contribution in [0.2, 0.25) is 0 Å². The predicted molar refractivity (Wildman–Crippen MR) is 79.3 cm³/mol. The third kappa shape index (κ3) is 3.31. The number of ether oxygens (including phenoxy) is 1. The van der Waals surface area contributed by atoms with Crippen LogP contribution in [-0.2, 0) is 9.53 Å². The van der Waals surface area contributed by atoms with Gasteiger partial charge in [0.05, 0.1) is 12.4 Å². The van der Waals surface area contributed by atoms with Crippen LogP contribution < -0.4 is 0 Å². The van der Waals surface area contributed by atoms with E-state index in [1.54, 1.807) is 18.9 Å². The highest BCUT2D eigenvalue weighted by molar-refractivity contribution is 8.00. The molecular formula is C15H21NO2S. The van der Waals surface area contributed by atoms with Gasteiger partial charge in [0.1, 0.15) is 5.37 Å². The van der Waals surface area contributed by atoms with Crippen LogP contribution in [0.1, 0.15) is 36.3 Å². The zero-order valence-electron chi connectivity index (χ0n) is 11.8. The van der Waals surface area contributed by atoms with Crippen molar-refractivity contribution in [2.45, 2.75) is 25.1 Å². The van der Waals surface area contributed by atoms with Gasteiger partial charge in [-0.3, -0.25) is 4.79 Å². The average molecular weight is 279 g/mol. The minimum Gasteiger partial charge on any atom is -0.383 e. The summed E-state index contributed by atoms with van der Waals surface area (Å²) in [4.78, 5) is 13.8. The number of methoxy groups -OCH3 is 1. The van der Waals surface area contributed by atoms with Crippen LogP contribution in [0.4, 0.5) is 0 Å². The number of amides is 1. The van der Waals surface area contributed by atoms with Crippen molar-refractivity contribution in [3.05, 3.63) is 35.4 Å². The Morgan fingerprint density at radius 1 is 1.37 bits per heavy atom. The van der Waals surface area contributed by atoms with Gasteiger partial charge in [-0.15, -0.1) is 11.8 Å². The third-order valence-electron chi connectivity index (χ3n) is 3.39. The number of benzene rings is 1.